The van der Waals surface area contributed by atoms with Crippen molar-refractivity contribution in [3.8, 4) is 0 Å². The summed E-state index contributed by atoms with van der Waals surface area (Å²) in [6.07, 6.45) is 3.75. The van der Waals surface area contributed by atoms with Crippen molar-refractivity contribution in [2.24, 2.45) is 17.6 Å². The fourth-order valence-corrected chi connectivity index (χ4v) is 9.08. The molecule has 134 valence electrons. The van der Waals surface area contributed by atoms with Gasteiger partial charge in [0.05, 0.1) is 0 Å². The Bertz CT molecular complexity index is 283. The van der Waals surface area contributed by atoms with Crippen molar-refractivity contribution in [1.82, 2.24) is 10.6 Å². The molecule has 1 rings (SSSR count). The number of halogens is 2. The van der Waals surface area contributed by atoms with Crippen LogP contribution in [0.5, 0.6) is 0 Å². The summed E-state index contributed by atoms with van der Waals surface area (Å²) in [5.41, 5.74) is 6.02. The van der Waals surface area contributed by atoms with Gasteiger partial charge in [-0.1, -0.05) is 0 Å². The van der Waals surface area contributed by atoms with E-state index in [9.17, 15) is 0 Å². The van der Waals surface area contributed by atoms with Crippen molar-refractivity contribution in [2.75, 3.05) is 28.5 Å². The van der Waals surface area contributed by atoms with Gasteiger partial charge in [-0.05, 0) is 0 Å². The van der Waals surface area contributed by atoms with Gasteiger partial charge in [-0.2, -0.15) is 0 Å². The van der Waals surface area contributed by atoms with E-state index in [1.807, 2.05) is 0 Å². The van der Waals surface area contributed by atoms with E-state index in [-0.39, 0.29) is 5.50 Å². The van der Waals surface area contributed by atoms with E-state index in [1.54, 1.807) is 0 Å². The zero-order valence-corrected chi connectivity index (χ0v) is 17.8. The molecule has 0 amide bonds. The van der Waals surface area contributed by atoms with E-state index in [1.165, 1.54) is 21.7 Å². The van der Waals surface area contributed by atoms with E-state index in [0.29, 0.717) is 6.04 Å². The summed E-state index contributed by atoms with van der Waals surface area (Å²) in [7, 11) is 0. The molecule has 5 heteroatoms. The van der Waals surface area contributed by atoms with Crippen LogP contribution in [0.3, 0.4) is 0 Å². The van der Waals surface area contributed by atoms with E-state index in [4.69, 9.17) is 17.3 Å². The molecule has 0 radical (unpaired) electrons. The molecule has 0 aromatic carbocycles. The van der Waals surface area contributed by atoms with Crippen LogP contribution >= 0.6 is 31.4 Å². The number of nitrogens with two attached hydrogens (primary N) is 1. The van der Waals surface area contributed by atoms with Crippen molar-refractivity contribution in [3.63, 3.8) is 0 Å². The van der Waals surface area contributed by atoms with Gasteiger partial charge in [0.2, 0.25) is 0 Å². The van der Waals surface area contributed by atoms with E-state index in [0.717, 1.165) is 41.8 Å². The fraction of sp³-hybridized carbons (Fsp3) is 1.00. The van der Waals surface area contributed by atoms with Gasteiger partial charge in [0.15, 0.2) is 0 Å². The Balaban J connectivity index is 2.61. The summed E-state index contributed by atoms with van der Waals surface area (Å²) in [4.78, 5) is 0. The predicted octanol–water partition coefficient (Wildman–Crippen LogP) is 3.43. The minimum atomic E-state index is -0.876. The quantitative estimate of drug-likeness (QED) is 0.274. The standard InChI is InChI=1S/C17H37ClIN3/c1-5-21-14(4)16(15-6-7-17(18)22-12-15)8-9-19(10-11-20)13(2)3/h13-17,21-22H,5-12,20H2,1-4H3/t14?,15-,16-,17-/m0/s1. The van der Waals surface area contributed by atoms with Crippen LogP contribution in [-0.4, -0.2) is 44.0 Å². The number of alkyl halides is 4. The van der Waals surface area contributed by atoms with Gasteiger partial charge < -0.3 is 0 Å². The Hall–Kier alpha value is 0.900. The van der Waals surface area contributed by atoms with Gasteiger partial charge in [0, 0.05) is 0 Å². The van der Waals surface area contributed by atoms with Crippen LogP contribution in [0.25, 0.3) is 0 Å². The van der Waals surface area contributed by atoms with Crippen LogP contribution in [0.15, 0.2) is 0 Å². The molecular formula is C17H37ClIN3. The second-order valence-electron chi connectivity index (χ2n) is 6.69. The van der Waals surface area contributed by atoms with Gasteiger partial charge >= 0.3 is 151 Å². The summed E-state index contributed by atoms with van der Waals surface area (Å²) in [6.45, 7) is 12.4. The molecule has 0 aromatic rings. The number of rotatable bonds is 10. The fourth-order valence-electron chi connectivity index (χ4n) is 3.51. The van der Waals surface area contributed by atoms with Crippen molar-refractivity contribution in [1.29, 1.82) is 0 Å². The first-order valence-electron chi connectivity index (χ1n) is 8.90. The maximum atomic E-state index is 6.20. The normalized spacial score (nSPS) is 26.0. The minimum absolute atomic E-state index is 0.183. The zero-order chi connectivity index (χ0) is 16.5. The van der Waals surface area contributed by atoms with Crippen molar-refractivity contribution in [2.45, 2.75) is 62.4 Å². The maximum absolute atomic E-state index is 6.20. The Morgan fingerprint density at radius 1 is 1.27 bits per heavy atom. The van der Waals surface area contributed by atoms with Gasteiger partial charge in [-0.15, -0.1) is 0 Å². The van der Waals surface area contributed by atoms with Crippen molar-refractivity contribution >= 4 is 31.4 Å². The first-order valence-corrected chi connectivity index (χ1v) is 13.6. The molecule has 1 saturated heterocycles. The molecule has 1 fully saturated rings. The predicted molar refractivity (Wildman–Crippen MR) is 110 cm³/mol. The van der Waals surface area contributed by atoms with Crippen LogP contribution in [0.4, 0.5) is 0 Å². The van der Waals surface area contributed by atoms with Crippen LogP contribution in [0.1, 0.15) is 47.0 Å². The molecule has 0 aliphatic carbocycles. The molecule has 0 aromatic heterocycles. The first kappa shape index (κ1) is 20.9. The van der Waals surface area contributed by atoms with Crippen LogP contribution in [-0.2, 0) is 0 Å². The van der Waals surface area contributed by atoms with Crippen LogP contribution < -0.4 is 16.4 Å². The van der Waals surface area contributed by atoms with Crippen molar-refractivity contribution < 1.29 is 0 Å². The van der Waals surface area contributed by atoms with Gasteiger partial charge in [-0.3, -0.25) is 0 Å². The van der Waals surface area contributed by atoms with E-state index < -0.39 is 19.8 Å². The number of hydrogen-bond acceptors (Lipinski definition) is 3. The Morgan fingerprint density at radius 2 is 2.00 bits per heavy atom. The van der Waals surface area contributed by atoms with Gasteiger partial charge in [-0.25, -0.2) is 0 Å². The van der Waals surface area contributed by atoms with Crippen molar-refractivity contribution in [3.05, 3.63) is 0 Å². The Labute approximate surface area is 150 Å². The van der Waals surface area contributed by atoms with Crippen LogP contribution in [0.2, 0.25) is 0 Å². The molecule has 0 spiro atoms. The zero-order valence-electron chi connectivity index (χ0n) is 14.9. The van der Waals surface area contributed by atoms with Gasteiger partial charge in [0.25, 0.3) is 0 Å². The first-order chi connectivity index (χ1) is 10.5. The number of hydrogen-bond donors (Lipinski definition) is 3. The molecule has 0 bridgehead atoms. The molecule has 1 aliphatic rings. The van der Waals surface area contributed by atoms with E-state index >= 15 is 0 Å². The second kappa shape index (κ2) is 11.5. The van der Waals surface area contributed by atoms with Gasteiger partial charge in [0.1, 0.15) is 0 Å². The third-order valence-corrected chi connectivity index (χ3v) is 12.7. The summed E-state index contributed by atoms with van der Waals surface area (Å²) >= 11 is 5.33. The summed E-state index contributed by atoms with van der Waals surface area (Å²) in [5, 5.41) is 7.15. The Morgan fingerprint density at radius 3 is 2.50 bits per heavy atom. The molecule has 1 unspecified atom stereocenters. The number of piperidine rings is 1. The molecule has 4 atom stereocenters. The third-order valence-electron chi connectivity index (χ3n) is 4.82. The molecular weight excluding hydrogens is 409 g/mol. The second-order valence-corrected chi connectivity index (χ2v) is 14.7. The third kappa shape index (κ3) is 7.20. The molecule has 1 aliphatic heterocycles. The summed E-state index contributed by atoms with van der Waals surface area (Å²) in [6, 6.07) is 0.603. The SMILES string of the molecule is CCNC(C)[C@H](CCI(CCN)C(C)C)[C@H]1CC[C@@H](Cl)NC1. The molecule has 22 heavy (non-hydrogen) atoms. The van der Waals surface area contributed by atoms with Crippen LogP contribution in [0, 0.1) is 11.8 Å². The number of nitrogens with one attached hydrogen (secondary N) is 2. The Kier molecular flexibility index (Phi) is 10.9. The molecule has 1 heterocycles. The summed E-state index contributed by atoms with van der Waals surface area (Å²) in [5.74, 6) is 1.54. The monoisotopic (exact) mass is 445 g/mol. The molecule has 4 N–H and O–H groups in total. The average Bonchev–Trinajstić information content (AvgIpc) is 2.48. The average molecular weight is 446 g/mol. The van der Waals surface area contributed by atoms with E-state index in [2.05, 4.69) is 38.3 Å². The topological polar surface area (TPSA) is 50.1 Å². The molecule has 0 saturated carbocycles. The summed E-state index contributed by atoms with van der Waals surface area (Å²) < 4.78 is 3.66. The molecule has 3 nitrogen and oxygen atoms in total.